The van der Waals surface area contributed by atoms with Crippen molar-refractivity contribution in [2.45, 2.75) is 0 Å². The van der Waals surface area contributed by atoms with E-state index in [1.165, 1.54) is 0 Å². The fourth-order valence-corrected chi connectivity index (χ4v) is 2.04. The highest BCUT2D eigenvalue weighted by Gasteiger charge is 2.05. The molecule has 0 spiro atoms. The molecule has 2 rings (SSSR count). The van der Waals surface area contributed by atoms with Crippen molar-refractivity contribution in [1.29, 1.82) is 5.26 Å². The van der Waals surface area contributed by atoms with E-state index in [4.69, 9.17) is 10.00 Å². The van der Waals surface area contributed by atoms with Gasteiger partial charge in [-0.05, 0) is 46.3 Å². The zero-order chi connectivity index (χ0) is 13.0. The molecule has 0 amide bonds. The molecule has 2 aromatic rings. The molecule has 0 unspecified atom stereocenters. The molecule has 0 fully saturated rings. The molecule has 0 saturated heterocycles. The normalized spacial score (nSPS) is 9.61. The van der Waals surface area contributed by atoms with Gasteiger partial charge in [-0.25, -0.2) is 4.98 Å². The van der Waals surface area contributed by atoms with Crippen LogP contribution < -0.4 is 10.1 Å². The summed E-state index contributed by atoms with van der Waals surface area (Å²) in [5.74, 6) is 0.757. The fraction of sp³-hybridized carbons (Fsp3) is 0.0769. The van der Waals surface area contributed by atoms with E-state index in [1.54, 1.807) is 19.4 Å². The molecule has 0 radical (unpaired) electrons. The van der Waals surface area contributed by atoms with Crippen molar-refractivity contribution < 1.29 is 4.74 Å². The quantitative estimate of drug-likeness (QED) is 0.943. The summed E-state index contributed by atoms with van der Waals surface area (Å²) in [4.78, 5) is 3.99. The molecule has 1 aromatic carbocycles. The Balaban J connectivity index is 2.29. The minimum absolute atomic E-state index is 0.365. The van der Waals surface area contributed by atoms with Crippen molar-refractivity contribution in [3.63, 3.8) is 0 Å². The van der Waals surface area contributed by atoms with Crippen LogP contribution in [0.2, 0.25) is 0 Å². The molecule has 0 aliphatic heterocycles. The number of methoxy groups -OCH3 is 1. The van der Waals surface area contributed by atoms with Gasteiger partial charge in [-0.1, -0.05) is 0 Å². The third-order valence-corrected chi connectivity index (χ3v) is 2.96. The number of hydrogen-bond donors (Lipinski definition) is 1. The largest absolute Gasteiger partial charge is 0.496 e. The van der Waals surface area contributed by atoms with Crippen LogP contribution in [0.4, 0.5) is 11.4 Å². The fourth-order valence-electron chi connectivity index (χ4n) is 1.49. The number of nitrogens with one attached hydrogen (secondary N) is 1. The van der Waals surface area contributed by atoms with Crippen LogP contribution in [0.1, 0.15) is 5.69 Å². The average molecular weight is 304 g/mol. The maximum atomic E-state index is 8.95. The van der Waals surface area contributed by atoms with Gasteiger partial charge in [0.25, 0.3) is 0 Å². The van der Waals surface area contributed by atoms with Gasteiger partial charge in [0.1, 0.15) is 11.8 Å². The third kappa shape index (κ3) is 2.60. The molecule has 4 nitrogen and oxygen atoms in total. The van der Waals surface area contributed by atoms with E-state index in [9.17, 15) is 0 Å². The highest BCUT2D eigenvalue weighted by atomic mass is 79.9. The van der Waals surface area contributed by atoms with Gasteiger partial charge in [0, 0.05) is 11.9 Å². The Morgan fingerprint density at radius 2 is 2.22 bits per heavy atom. The van der Waals surface area contributed by atoms with Crippen LogP contribution in [0.5, 0.6) is 5.75 Å². The molecule has 0 aliphatic rings. The summed E-state index contributed by atoms with van der Waals surface area (Å²) in [5, 5.41) is 12.1. The van der Waals surface area contributed by atoms with Crippen molar-refractivity contribution in [3.8, 4) is 11.8 Å². The zero-order valence-electron chi connectivity index (χ0n) is 9.64. The van der Waals surface area contributed by atoms with Crippen LogP contribution in [0.15, 0.2) is 41.0 Å². The Kier molecular flexibility index (Phi) is 3.80. The molecular weight excluding hydrogens is 294 g/mol. The van der Waals surface area contributed by atoms with Crippen LogP contribution in [0, 0.1) is 11.3 Å². The lowest BCUT2D eigenvalue weighted by Gasteiger charge is -2.09. The summed E-state index contributed by atoms with van der Waals surface area (Å²) in [6, 6.07) is 11.2. The molecule has 90 valence electrons. The zero-order valence-corrected chi connectivity index (χ0v) is 11.2. The minimum atomic E-state index is 0.365. The Bertz CT molecular complexity index is 607. The van der Waals surface area contributed by atoms with E-state index in [0.717, 1.165) is 15.9 Å². The second-order valence-corrected chi connectivity index (χ2v) is 4.34. The van der Waals surface area contributed by atoms with Crippen molar-refractivity contribution in [1.82, 2.24) is 4.98 Å². The summed E-state index contributed by atoms with van der Waals surface area (Å²) in [7, 11) is 1.61. The first-order valence-electron chi connectivity index (χ1n) is 5.20. The van der Waals surface area contributed by atoms with E-state index in [1.807, 2.05) is 30.3 Å². The lowest BCUT2D eigenvalue weighted by molar-refractivity contribution is 0.412. The van der Waals surface area contributed by atoms with E-state index < -0.39 is 0 Å². The van der Waals surface area contributed by atoms with Crippen LogP contribution in [0.3, 0.4) is 0 Å². The predicted molar refractivity (Wildman–Crippen MR) is 72.9 cm³/mol. The lowest BCUT2D eigenvalue weighted by Crippen LogP contribution is -1.95. The number of benzene rings is 1. The molecule has 1 aromatic heterocycles. The van der Waals surface area contributed by atoms with Gasteiger partial charge in [0.2, 0.25) is 0 Å². The summed E-state index contributed by atoms with van der Waals surface area (Å²) >= 11 is 3.41. The van der Waals surface area contributed by atoms with E-state index >= 15 is 0 Å². The van der Waals surface area contributed by atoms with Gasteiger partial charge >= 0.3 is 0 Å². The number of rotatable bonds is 3. The van der Waals surface area contributed by atoms with Crippen molar-refractivity contribution >= 4 is 27.3 Å². The van der Waals surface area contributed by atoms with Crippen LogP contribution >= 0.6 is 15.9 Å². The number of pyridine rings is 1. The Morgan fingerprint density at radius 3 is 2.89 bits per heavy atom. The number of ether oxygens (including phenoxy) is 1. The van der Waals surface area contributed by atoms with Gasteiger partial charge in [-0.15, -0.1) is 0 Å². The highest BCUT2D eigenvalue weighted by Crippen LogP contribution is 2.29. The predicted octanol–water partition coefficient (Wildman–Crippen LogP) is 3.47. The first kappa shape index (κ1) is 12.4. The average Bonchev–Trinajstić information content (AvgIpc) is 2.39. The smallest absolute Gasteiger partial charge is 0.163 e. The molecule has 1 N–H and O–H groups in total. The third-order valence-electron chi connectivity index (χ3n) is 2.34. The van der Waals surface area contributed by atoms with Gasteiger partial charge < -0.3 is 10.1 Å². The molecule has 0 saturated carbocycles. The topological polar surface area (TPSA) is 57.9 Å². The van der Waals surface area contributed by atoms with Gasteiger partial charge in [0.05, 0.1) is 17.3 Å². The van der Waals surface area contributed by atoms with E-state index in [2.05, 4.69) is 26.2 Å². The van der Waals surface area contributed by atoms with Crippen LogP contribution in [-0.2, 0) is 0 Å². The first-order chi connectivity index (χ1) is 8.74. The number of halogens is 1. The Morgan fingerprint density at radius 1 is 1.39 bits per heavy atom. The number of nitrogens with zero attached hydrogens (tertiary/aromatic N) is 2. The maximum Gasteiger partial charge on any atom is 0.163 e. The maximum absolute atomic E-state index is 8.95. The van der Waals surface area contributed by atoms with Crippen molar-refractivity contribution in [2.75, 3.05) is 12.4 Å². The van der Waals surface area contributed by atoms with Crippen molar-refractivity contribution in [2.24, 2.45) is 0 Å². The molecule has 1 heterocycles. The molecule has 18 heavy (non-hydrogen) atoms. The van der Waals surface area contributed by atoms with Gasteiger partial charge in [0.15, 0.2) is 5.69 Å². The standard InChI is InChI=1S/C13H10BrN3O/c1-18-13-5-4-9(7-10(13)14)17-11-3-2-6-16-12(11)8-15/h2-7,17H,1H3. The number of aromatic nitrogens is 1. The van der Waals surface area contributed by atoms with E-state index in [-0.39, 0.29) is 0 Å². The minimum Gasteiger partial charge on any atom is -0.496 e. The van der Waals surface area contributed by atoms with Gasteiger partial charge in [-0.3, -0.25) is 0 Å². The summed E-state index contributed by atoms with van der Waals surface area (Å²) < 4.78 is 6.00. The van der Waals surface area contributed by atoms with Crippen LogP contribution in [-0.4, -0.2) is 12.1 Å². The highest BCUT2D eigenvalue weighted by molar-refractivity contribution is 9.10. The van der Waals surface area contributed by atoms with Crippen molar-refractivity contribution in [3.05, 3.63) is 46.7 Å². The van der Waals surface area contributed by atoms with Crippen LogP contribution in [0.25, 0.3) is 0 Å². The summed E-state index contributed by atoms with van der Waals surface area (Å²) in [5.41, 5.74) is 1.90. The lowest BCUT2D eigenvalue weighted by atomic mass is 10.2. The van der Waals surface area contributed by atoms with Gasteiger partial charge in [-0.2, -0.15) is 5.26 Å². The number of anilines is 2. The van der Waals surface area contributed by atoms with E-state index in [0.29, 0.717) is 11.4 Å². The Labute approximate surface area is 113 Å². The second kappa shape index (κ2) is 5.52. The number of nitriles is 1. The molecule has 5 heteroatoms. The Hall–Kier alpha value is -2.06. The molecular formula is C13H10BrN3O. The first-order valence-corrected chi connectivity index (χ1v) is 5.99. The summed E-state index contributed by atoms with van der Waals surface area (Å²) in [6.45, 7) is 0. The summed E-state index contributed by atoms with van der Waals surface area (Å²) in [6.07, 6.45) is 1.59. The monoisotopic (exact) mass is 303 g/mol. The molecule has 0 aliphatic carbocycles. The molecule has 0 bridgehead atoms. The number of hydrogen-bond acceptors (Lipinski definition) is 4. The molecule has 0 atom stereocenters. The second-order valence-electron chi connectivity index (χ2n) is 3.49. The SMILES string of the molecule is COc1ccc(Nc2cccnc2C#N)cc1Br.